The quantitative estimate of drug-likeness (QED) is 0.530. The van der Waals surface area contributed by atoms with Crippen LogP contribution in [0.3, 0.4) is 0 Å². The zero-order chi connectivity index (χ0) is 13.4. The third-order valence-electron chi connectivity index (χ3n) is 3.55. The van der Waals surface area contributed by atoms with Crippen LogP contribution < -0.4 is 0 Å². The highest BCUT2D eigenvalue weighted by atomic mass is 31.2. The topological polar surface area (TPSA) is 34.1 Å². The molecule has 0 aliphatic carbocycles. The molecule has 0 aromatic rings. The number of hydrogen-bond donors (Lipinski definition) is 0. The minimum Gasteiger partial charge on any atom is -0.324 e. The summed E-state index contributed by atoms with van der Waals surface area (Å²) in [5, 5.41) is 0. The first kappa shape index (κ1) is 17.5. The number of hydrogen-bond acceptors (Lipinski definition) is 2. The van der Waals surface area contributed by atoms with Crippen molar-refractivity contribution in [3.05, 3.63) is 0 Å². The van der Waals surface area contributed by atoms with Crippen molar-refractivity contribution in [2.45, 2.75) is 47.0 Å². The van der Waals surface area contributed by atoms with Crippen LogP contribution in [0.5, 0.6) is 0 Å². The first-order valence-corrected chi connectivity index (χ1v) is 11.6. The van der Waals surface area contributed by atoms with Gasteiger partial charge in [-0.25, -0.2) is 0 Å². The molecule has 0 aromatic carbocycles. The van der Waals surface area contributed by atoms with Gasteiger partial charge < -0.3 is 9.13 Å². The third-order valence-corrected chi connectivity index (χ3v) is 10.6. The van der Waals surface area contributed by atoms with E-state index in [2.05, 4.69) is 13.8 Å². The predicted molar refractivity (Wildman–Crippen MR) is 81.0 cm³/mol. The SMILES string of the molecule is CCCP(=O)(CCC)CCCP(=O)(CC)CC. The molecule has 0 heterocycles. The Kier molecular flexibility index (Phi) is 8.77. The van der Waals surface area contributed by atoms with Gasteiger partial charge >= 0.3 is 0 Å². The third kappa shape index (κ3) is 6.82. The van der Waals surface area contributed by atoms with Gasteiger partial charge in [0.1, 0.15) is 0 Å². The summed E-state index contributed by atoms with van der Waals surface area (Å²) >= 11 is 0. The monoisotopic (exact) mass is 280 g/mol. The Labute approximate surface area is 108 Å². The van der Waals surface area contributed by atoms with E-state index in [4.69, 9.17) is 0 Å². The molecule has 0 spiro atoms. The minimum atomic E-state index is -1.95. The molecule has 0 saturated carbocycles. The van der Waals surface area contributed by atoms with Crippen LogP contribution >= 0.6 is 14.3 Å². The summed E-state index contributed by atoms with van der Waals surface area (Å²) in [6.07, 6.45) is 7.90. The van der Waals surface area contributed by atoms with Crippen molar-refractivity contribution in [3.8, 4) is 0 Å². The van der Waals surface area contributed by atoms with E-state index in [1.807, 2.05) is 13.8 Å². The summed E-state index contributed by atoms with van der Waals surface area (Å²) in [6, 6.07) is 0. The van der Waals surface area contributed by atoms with E-state index in [9.17, 15) is 9.13 Å². The van der Waals surface area contributed by atoms with Gasteiger partial charge in [-0.15, -0.1) is 0 Å². The van der Waals surface area contributed by atoms with E-state index in [-0.39, 0.29) is 0 Å². The van der Waals surface area contributed by atoms with Crippen LogP contribution in [0.4, 0.5) is 0 Å². The average Bonchev–Trinajstić information content (AvgIpc) is 2.29. The second kappa shape index (κ2) is 8.54. The Morgan fingerprint density at radius 2 is 1.06 bits per heavy atom. The summed E-state index contributed by atoms with van der Waals surface area (Å²) in [5.41, 5.74) is 0. The van der Waals surface area contributed by atoms with Crippen LogP contribution in [0, 0.1) is 0 Å². The van der Waals surface area contributed by atoms with Crippen molar-refractivity contribution in [1.29, 1.82) is 0 Å². The Balaban J connectivity index is 4.23. The van der Waals surface area contributed by atoms with Crippen molar-refractivity contribution in [2.24, 2.45) is 0 Å². The lowest BCUT2D eigenvalue weighted by Gasteiger charge is -2.19. The van der Waals surface area contributed by atoms with Crippen LogP contribution in [-0.2, 0) is 9.13 Å². The van der Waals surface area contributed by atoms with E-state index in [0.29, 0.717) is 0 Å². The smallest absolute Gasteiger partial charge is 0.0877 e. The van der Waals surface area contributed by atoms with E-state index < -0.39 is 14.3 Å². The molecule has 0 aromatic heterocycles. The molecule has 2 nitrogen and oxygen atoms in total. The molecule has 0 unspecified atom stereocenters. The Hall–Kier alpha value is 0.460. The molecule has 4 heteroatoms. The molecule has 0 N–H and O–H groups in total. The van der Waals surface area contributed by atoms with E-state index >= 15 is 0 Å². The molecule has 17 heavy (non-hydrogen) atoms. The molecule has 0 fully saturated rings. The lowest BCUT2D eigenvalue weighted by Crippen LogP contribution is -2.03. The fourth-order valence-corrected chi connectivity index (χ4v) is 7.44. The van der Waals surface area contributed by atoms with Crippen LogP contribution in [-0.4, -0.2) is 37.0 Å². The van der Waals surface area contributed by atoms with Crippen molar-refractivity contribution in [1.82, 2.24) is 0 Å². The van der Waals surface area contributed by atoms with Crippen LogP contribution in [0.25, 0.3) is 0 Å². The highest BCUT2D eigenvalue weighted by Crippen LogP contribution is 2.50. The summed E-state index contributed by atoms with van der Waals surface area (Å²) in [5.74, 6) is 0. The van der Waals surface area contributed by atoms with Gasteiger partial charge in [-0.2, -0.15) is 0 Å². The maximum Gasteiger partial charge on any atom is 0.0877 e. The predicted octanol–water partition coefficient (Wildman–Crippen LogP) is 4.96. The van der Waals surface area contributed by atoms with Gasteiger partial charge in [0.05, 0.1) is 14.3 Å². The van der Waals surface area contributed by atoms with Crippen molar-refractivity contribution >= 4 is 14.3 Å². The molecular formula is C13H30O2P2. The van der Waals surface area contributed by atoms with Crippen molar-refractivity contribution in [3.63, 3.8) is 0 Å². The molecule has 0 aliphatic heterocycles. The summed E-state index contributed by atoms with van der Waals surface area (Å²) in [7, 11) is -3.87. The van der Waals surface area contributed by atoms with Gasteiger partial charge in [-0.1, -0.05) is 27.7 Å². The zero-order valence-electron chi connectivity index (χ0n) is 12.1. The molecule has 0 aliphatic rings. The fraction of sp³-hybridized carbons (Fsp3) is 1.00. The number of rotatable bonds is 10. The summed E-state index contributed by atoms with van der Waals surface area (Å²) < 4.78 is 24.8. The molecule has 0 atom stereocenters. The fourth-order valence-electron chi connectivity index (χ4n) is 2.34. The van der Waals surface area contributed by atoms with Crippen LogP contribution in [0.2, 0.25) is 0 Å². The molecule has 0 radical (unpaired) electrons. The van der Waals surface area contributed by atoms with Gasteiger partial charge in [0.25, 0.3) is 0 Å². The zero-order valence-corrected chi connectivity index (χ0v) is 13.9. The second-order valence-electron chi connectivity index (χ2n) is 5.00. The maximum absolute atomic E-state index is 12.6. The van der Waals surface area contributed by atoms with Crippen molar-refractivity contribution in [2.75, 3.05) is 37.0 Å². The summed E-state index contributed by atoms with van der Waals surface area (Å²) in [4.78, 5) is 0. The van der Waals surface area contributed by atoms with Crippen molar-refractivity contribution < 1.29 is 9.13 Å². The standard InChI is InChI=1S/C13H30O2P2/c1-5-10-17(15,11-6-2)13-9-12-16(14,7-3)8-4/h5-13H2,1-4H3. The van der Waals surface area contributed by atoms with Gasteiger partial charge in [0, 0.05) is 24.6 Å². The van der Waals surface area contributed by atoms with Gasteiger partial charge in [-0.3, -0.25) is 0 Å². The van der Waals surface area contributed by atoms with Crippen LogP contribution in [0.1, 0.15) is 47.0 Å². The minimum absolute atomic E-state index is 0.801. The molecule has 0 saturated heterocycles. The highest BCUT2D eigenvalue weighted by Gasteiger charge is 2.22. The Morgan fingerprint density at radius 1 is 0.647 bits per heavy atom. The summed E-state index contributed by atoms with van der Waals surface area (Å²) in [6.45, 7) is 8.24. The lowest BCUT2D eigenvalue weighted by atomic mass is 10.6. The van der Waals surface area contributed by atoms with Gasteiger partial charge in [0.15, 0.2) is 0 Å². The molecule has 0 rings (SSSR count). The Bertz CT molecular complexity index is 269. The van der Waals surface area contributed by atoms with Crippen LogP contribution in [0.15, 0.2) is 0 Å². The molecule has 0 amide bonds. The average molecular weight is 280 g/mol. The van der Waals surface area contributed by atoms with Gasteiger partial charge in [0.2, 0.25) is 0 Å². The van der Waals surface area contributed by atoms with E-state index in [1.54, 1.807) is 0 Å². The largest absolute Gasteiger partial charge is 0.324 e. The molecule has 0 bridgehead atoms. The first-order valence-electron chi connectivity index (χ1n) is 7.09. The normalized spacial score (nSPS) is 12.9. The molecule has 104 valence electrons. The first-order chi connectivity index (χ1) is 7.95. The lowest BCUT2D eigenvalue weighted by molar-refractivity contribution is 0.569. The molecular weight excluding hydrogens is 250 g/mol. The second-order valence-corrected chi connectivity index (χ2v) is 12.3. The Morgan fingerprint density at radius 3 is 1.41 bits per heavy atom. The van der Waals surface area contributed by atoms with E-state index in [0.717, 1.165) is 56.2 Å². The van der Waals surface area contributed by atoms with E-state index in [1.165, 1.54) is 0 Å². The highest BCUT2D eigenvalue weighted by molar-refractivity contribution is 7.64. The van der Waals surface area contributed by atoms with Gasteiger partial charge in [-0.05, 0) is 31.6 Å². The maximum atomic E-state index is 12.6.